The Morgan fingerprint density at radius 1 is 0.682 bits per heavy atom. The Hall–Kier alpha value is -1.55. The summed E-state index contributed by atoms with van der Waals surface area (Å²) in [6.07, 6.45) is -22.9. The van der Waals surface area contributed by atoms with Crippen molar-refractivity contribution >= 4 is 5.97 Å². The van der Waals surface area contributed by atoms with E-state index in [9.17, 15) is 61.0 Å². The van der Waals surface area contributed by atoms with Crippen LogP contribution in [0.5, 0.6) is 0 Å². The van der Waals surface area contributed by atoms with Crippen LogP contribution in [0.2, 0.25) is 0 Å². The van der Waals surface area contributed by atoms with Crippen molar-refractivity contribution in [3.05, 3.63) is 11.6 Å². The predicted molar refractivity (Wildman–Crippen MR) is 219 cm³/mol. The van der Waals surface area contributed by atoms with Crippen molar-refractivity contribution in [2.24, 2.45) is 34.5 Å². The summed E-state index contributed by atoms with van der Waals surface area (Å²) >= 11 is 0. The van der Waals surface area contributed by atoms with Crippen molar-refractivity contribution in [3.8, 4) is 0 Å². The van der Waals surface area contributed by atoms with E-state index in [2.05, 4.69) is 19.9 Å². The fourth-order valence-corrected chi connectivity index (χ4v) is 13.6. The molecular formula is C45H70O21. The minimum Gasteiger partial charge on any atom is -0.460 e. The first kappa shape index (κ1) is 49.4. The van der Waals surface area contributed by atoms with Gasteiger partial charge in [-0.1, -0.05) is 25.5 Å². The van der Waals surface area contributed by atoms with Crippen LogP contribution in [-0.2, 0) is 47.4 Å². The molecule has 8 fully saturated rings. The van der Waals surface area contributed by atoms with Crippen LogP contribution in [0.15, 0.2) is 11.6 Å². The Kier molecular flexibility index (Phi) is 13.7. The lowest BCUT2D eigenvalue weighted by molar-refractivity contribution is -0.397. The van der Waals surface area contributed by atoms with Gasteiger partial charge in [-0.3, -0.25) is 0 Å². The lowest BCUT2D eigenvalue weighted by atomic mass is 9.47. The van der Waals surface area contributed by atoms with E-state index in [1.807, 2.05) is 0 Å². The zero-order chi connectivity index (χ0) is 47.5. The smallest absolute Gasteiger partial charge is 0.338 e. The highest BCUT2D eigenvalue weighted by molar-refractivity contribution is 5.82. The van der Waals surface area contributed by atoms with Gasteiger partial charge in [0.1, 0.15) is 85.5 Å². The summed E-state index contributed by atoms with van der Waals surface area (Å²) in [5.41, 5.74) is -0.727. The number of allylic oxidation sites excluding steroid dienone is 1. The van der Waals surface area contributed by atoms with E-state index in [0.717, 1.165) is 32.1 Å². The first-order valence-corrected chi connectivity index (χ1v) is 23.7. The minimum atomic E-state index is -1.79. The molecule has 4 aliphatic carbocycles. The van der Waals surface area contributed by atoms with Crippen molar-refractivity contribution in [1.29, 1.82) is 0 Å². The van der Waals surface area contributed by atoms with Crippen molar-refractivity contribution < 1.29 is 104 Å². The molecule has 5 saturated heterocycles. The van der Waals surface area contributed by atoms with Gasteiger partial charge in [0.05, 0.1) is 31.5 Å². The van der Waals surface area contributed by atoms with Crippen molar-refractivity contribution in [1.82, 2.24) is 0 Å². The van der Waals surface area contributed by atoms with Crippen molar-refractivity contribution in [3.63, 3.8) is 0 Å². The van der Waals surface area contributed by atoms with Crippen LogP contribution in [0, 0.1) is 34.5 Å². The Morgan fingerprint density at radius 2 is 1.30 bits per heavy atom. The van der Waals surface area contributed by atoms with Gasteiger partial charge >= 0.3 is 5.97 Å². The third-order valence-electron chi connectivity index (χ3n) is 17.4. The predicted octanol–water partition coefficient (Wildman–Crippen LogP) is -2.80. The van der Waals surface area contributed by atoms with Gasteiger partial charge in [0.2, 0.25) is 0 Å². The topological polar surface area (TPSA) is 323 Å². The van der Waals surface area contributed by atoms with Crippen LogP contribution in [0.4, 0.5) is 0 Å². The van der Waals surface area contributed by atoms with Gasteiger partial charge in [-0.15, -0.1) is 0 Å². The molecule has 9 rings (SSSR count). The van der Waals surface area contributed by atoms with Crippen molar-refractivity contribution in [2.75, 3.05) is 13.2 Å². The molecule has 5 heterocycles. The number of aliphatic hydroxyl groups is 11. The lowest BCUT2D eigenvalue weighted by Crippen LogP contribution is -2.67. The quantitative estimate of drug-likeness (QED) is 0.0822. The van der Waals surface area contributed by atoms with E-state index in [1.165, 1.54) is 19.4 Å². The number of hydrogen-bond acceptors (Lipinski definition) is 21. The van der Waals surface area contributed by atoms with Crippen molar-refractivity contribution in [2.45, 2.75) is 214 Å². The maximum atomic E-state index is 12.6. The molecule has 376 valence electrons. The van der Waals surface area contributed by atoms with Gasteiger partial charge in [-0.05, 0) is 94.3 Å². The molecule has 3 saturated carbocycles. The summed E-state index contributed by atoms with van der Waals surface area (Å²) in [7, 11) is 0. The number of fused-ring (bicyclic) bond motifs is 7. The number of aliphatic hydroxyl groups excluding tert-OH is 10. The Balaban J connectivity index is 0.945. The molecule has 9 aliphatic rings. The summed E-state index contributed by atoms with van der Waals surface area (Å²) in [4.78, 5) is 12.6. The van der Waals surface area contributed by atoms with Crippen LogP contribution in [0.25, 0.3) is 0 Å². The molecule has 11 N–H and O–H groups in total. The number of hydrogen-bond donors (Lipinski definition) is 11. The number of rotatable bonds is 9. The molecule has 0 spiro atoms. The molecule has 0 aromatic rings. The van der Waals surface area contributed by atoms with Crippen LogP contribution < -0.4 is 0 Å². The van der Waals surface area contributed by atoms with Gasteiger partial charge in [0.25, 0.3) is 0 Å². The van der Waals surface area contributed by atoms with E-state index < -0.39 is 148 Å². The second-order valence-electron chi connectivity index (χ2n) is 21.3. The molecule has 0 aromatic carbocycles. The average molecular weight is 947 g/mol. The summed E-state index contributed by atoms with van der Waals surface area (Å²) in [6, 6.07) is 0. The maximum absolute atomic E-state index is 12.6. The Labute approximate surface area is 382 Å². The monoisotopic (exact) mass is 946 g/mol. The highest BCUT2D eigenvalue weighted by atomic mass is 16.8. The molecule has 0 unspecified atom stereocenters. The first-order chi connectivity index (χ1) is 31.1. The minimum absolute atomic E-state index is 0.173. The number of carbonyl (C=O) groups is 1. The first-order valence-electron chi connectivity index (χ1n) is 23.7. The summed E-state index contributed by atoms with van der Waals surface area (Å²) in [5, 5.41) is 119. The van der Waals surface area contributed by atoms with Gasteiger partial charge in [0, 0.05) is 5.92 Å². The summed E-state index contributed by atoms with van der Waals surface area (Å²) in [6.45, 7) is 7.82. The fourth-order valence-electron chi connectivity index (χ4n) is 13.6. The number of esters is 1. The lowest BCUT2D eigenvalue weighted by Gasteiger charge is -2.58. The zero-order valence-corrected chi connectivity index (χ0v) is 37.9. The highest BCUT2D eigenvalue weighted by Gasteiger charge is 2.70. The molecule has 0 radical (unpaired) electrons. The summed E-state index contributed by atoms with van der Waals surface area (Å²) < 4.78 is 54.2. The van der Waals surface area contributed by atoms with E-state index in [4.69, 9.17) is 42.6 Å². The second-order valence-corrected chi connectivity index (χ2v) is 21.3. The molecule has 21 heteroatoms. The Bertz CT molecular complexity index is 1790. The Morgan fingerprint density at radius 3 is 2.02 bits per heavy atom. The van der Waals surface area contributed by atoms with E-state index in [0.29, 0.717) is 24.7 Å². The van der Waals surface area contributed by atoms with Crippen LogP contribution in [-0.4, -0.2) is 210 Å². The third kappa shape index (κ3) is 8.12. The molecule has 0 aromatic heterocycles. The molecule has 21 nitrogen and oxygen atoms in total. The average Bonchev–Trinajstić information content (AvgIpc) is 3.71. The third-order valence-corrected chi connectivity index (χ3v) is 17.4. The highest BCUT2D eigenvalue weighted by Crippen LogP contribution is 2.69. The van der Waals surface area contributed by atoms with Gasteiger partial charge < -0.3 is 98.8 Å². The van der Waals surface area contributed by atoms with Crippen LogP contribution in [0.3, 0.4) is 0 Å². The number of ether oxygens (including phenoxy) is 9. The molecule has 66 heavy (non-hydrogen) atoms. The molecule has 28 atom stereocenters. The fraction of sp³-hybridized carbons (Fsp3) is 0.933. The summed E-state index contributed by atoms with van der Waals surface area (Å²) in [5.74, 6) is 0.131. The molecule has 0 bridgehead atoms. The maximum Gasteiger partial charge on any atom is 0.338 e. The normalized spacial score (nSPS) is 57.2. The standard InChI is InChI=1S/C45H70O21/c1-16-26(48)29(51)32(54)39(59-16)66-36-33(55)34(64-40-35(30(52)27(49)17(2)60-40)65-38-31(53)28(50)23(47)15-58-38)25(14-46)62-41(36)61-19-8-10-43(3)18(12-19)6-7-20-21(43)9-11-44(4)22(20)13-24-37(44)45(5,57)42(56)63-24/h6,16-17,19-41,46-55,57H,7-15H2,1-5H3/t16-,17+,19+,20+,21+,22-,23-,24+,25-,26-,27+,28+,29+,30-,31-,32+,33+,34-,35-,36-,37+,38+,39-,40+,41-,43+,44+,45+/m1/s1. The van der Waals surface area contributed by atoms with Crippen LogP contribution >= 0.6 is 0 Å². The molecule has 0 amide bonds. The molecule has 5 aliphatic heterocycles. The van der Waals surface area contributed by atoms with Gasteiger partial charge in [0.15, 0.2) is 30.8 Å². The largest absolute Gasteiger partial charge is 0.460 e. The van der Waals surface area contributed by atoms with E-state index in [1.54, 1.807) is 6.92 Å². The van der Waals surface area contributed by atoms with Gasteiger partial charge in [-0.25, -0.2) is 4.79 Å². The number of carbonyl (C=O) groups excluding carboxylic acids is 1. The zero-order valence-electron chi connectivity index (χ0n) is 37.9. The van der Waals surface area contributed by atoms with Crippen LogP contribution in [0.1, 0.15) is 79.6 Å². The van der Waals surface area contributed by atoms with E-state index >= 15 is 0 Å². The molecular weight excluding hydrogens is 876 g/mol. The second kappa shape index (κ2) is 18.2. The van der Waals surface area contributed by atoms with E-state index in [-0.39, 0.29) is 28.8 Å². The van der Waals surface area contributed by atoms with Gasteiger partial charge in [-0.2, -0.15) is 0 Å². The SMILES string of the molecule is C[C@@H]1O[C@@H](O[C@H]2[C@H](O)[C@@H](O[C@H]3O[C@H](C)[C@@H](O)[C@H](O)[C@@H]3O)[C@H](O[C@H]3CC[C@@]4(C)C(=CC[C@@H]5[C@H]6C[C@@H]7OC(=O)[C@@](C)(O)[C@@H]7[C@@]6(C)CC[C@@H]54)C3)O[C@@H]2CO)[C@H](O[C@@H]2OC[C@@H](O)[C@H](O)[C@H]2O)[C@H](O)[C@H]1O.